The van der Waals surface area contributed by atoms with Crippen LogP contribution in [-0.2, 0) is 10.8 Å². The molecule has 1 rings (SSSR count). The van der Waals surface area contributed by atoms with Crippen molar-refractivity contribution in [3.8, 4) is 0 Å². The molecule has 16 heavy (non-hydrogen) atoms. The molecule has 0 aromatic rings. The van der Waals surface area contributed by atoms with Crippen LogP contribution in [0.25, 0.3) is 0 Å². The number of rotatable bonds is 5. The second-order valence-corrected chi connectivity index (χ2v) is 7.80. The third-order valence-corrected chi connectivity index (χ3v) is 5.03. The van der Waals surface area contributed by atoms with Gasteiger partial charge in [-0.3, -0.25) is 9.20 Å². The van der Waals surface area contributed by atoms with Crippen molar-refractivity contribution in [1.82, 2.24) is 5.32 Å². The lowest BCUT2D eigenvalue weighted by molar-refractivity contribution is 0.575. The van der Waals surface area contributed by atoms with Crippen LogP contribution in [0.2, 0.25) is 0 Å². The van der Waals surface area contributed by atoms with Gasteiger partial charge in [0.15, 0.2) is 5.17 Å². The molecule has 3 nitrogen and oxygen atoms in total. The van der Waals surface area contributed by atoms with Crippen LogP contribution in [0.4, 0.5) is 0 Å². The van der Waals surface area contributed by atoms with Crippen LogP contribution < -0.4 is 5.32 Å². The van der Waals surface area contributed by atoms with Crippen LogP contribution in [0.5, 0.6) is 0 Å². The number of hydrogen-bond acceptors (Lipinski definition) is 4. The molecule has 5 heteroatoms. The molecule has 0 radical (unpaired) electrons. The molecule has 1 aliphatic rings. The standard InChI is InChI=1S/C11H22N2OS2/c1-8(2)5-10-7-13-11(15-10)12-6-9(3)16(4)14/h8-10H,5-7H2,1-4H3,(H,12,13). The van der Waals surface area contributed by atoms with Crippen molar-refractivity contribution in [2.24, 2.45) is 10.9 Å². The zero-order valence-corrected chi connectivity index (χ0v) is 12.2. The first-order valence-electron chi connectivity index (χ1n) is 5.76. The number of thioether (sulfide) groups is 1. The lowest BCUT2D eigenvalue weighted by Crippen LogP contribution is -2.30. The van der Waals surface area contributed by atoms with Gasteiger partial charge in [-0.1, -0.05) is 25.6 Å². The topological polar surface area (TPSA) is 41.5 Å². The van der Waals surface area contributed by atoms with Gasteiger partial charge >= 0.3 is 0 Å². The van der Waals surface area contributed by atoms with Gasteiger partial charge in [-0.25, -0.2) is 0 Å². The van der Waals surface area contributed by atoms with E-state index in [0.717, 1.165) is 24.2 Å². The summed E-state index contributed by atoms with van der Waals surface area (Å²) in [7, 11) is -0.755. The lowest BCUT2D eigenvalue weighted by atomic mass is 10.1. The van der Waals surface area contributed by atoms with Crippen LogP contribution in [0.15, 0.2) is 4.99 Å². The highest BCUT2D eigenvalue weighted by molar-refractivity contribution is 8.14. The Bertz CT molecular complexity index is 279. The molecule has 94 valence electrons. The van der Waals surface area contributed by atoms with Crippen LogP contribution in [0.3, 0.4) is 0 Å². The van der Waals surface area contributed by atoms with Gasteiger partial charge in [0.05, 0.1) is 6.54 Å². The van der Waals surface area contributed by atoms with E-state index in [1.165, 1.54) is 6.42 Å². The minimum atomic E-state index is -0.755. The molecule has 0 bridgehead atoms. The molecule has 0 saturated heterocycles. The van der Waals surface area contributed by atoms with E-state index in [-0.39, 0.29) is 5.25 Å². The van der Waals surface area contributed by atoms with Crippen LogP contribution >= 0.6 is 11.8 Å². The van der Waals surface area contributed by atoms with Gasteiger partial charge in [0, 0.05) is 34.1 Å². The Balaban J connectivity index is 2.23. The second kappa shape index (κ2) is 6.64. The molecule has 1 aliphatic heterocycles. The van der Waals surface area contributed by atoms with Crippen molar-refractivity contribution in [3.05, 3.63) is 0 Å². The molecule has 0 saturated carbocycles. The molecule has 0 aromatic heterocycles. The zero-order valence-electron chi connectivity index (χ0n) is 10.5. The van der Waals surface area contributed by atoms with Gasteiger partial charge in [0.1, 0.15) is 0 Å². The smallest absolute Gasteiger partial charge is 0.156 e. The van der Waals surface area contributed by atoms with E-state index in [4.69, 9.17) is 0 Å². The van der Waals surface area contributed by atoms with E-state index in [0.29, 0.717) is 5.25 Å². The summed E-state index contributed by atoms with van der Waals surface area (Å²) in [6.45, 7) is 8.16. The maximum Gasteiger partial charge on any atom is 0.156 e. The second-order valence-electron chi connectivity index (χ2n) is 4.71. The van der Waals surface area contributed by atoms with Gasteiger partial charge in [0.25, 0.3) is 0 Å². The molecule has 0 aliphatic carbocycles. The minimum absolute atomic E-state index is 0.187. The highest BCUT2D eigenvalue weighted by Gasteiger charge is 2.20. The Hall–Kier alpha value is -0.0300. The van der Waals surface area contributed by atoms with Gasteiger partial charge in [-0.15, -0.1) is 0 Å². The van der Waals surface area contributed by atoms with E-state index in [2.05, 4.69) is 24.2 Å². The molecule has 0 spiro atoms. The number of nitrogens with zero attached hydrogens (tertiary/aromatic N) is 1. The fourth-order valence-corrected chi connectivity index (χ4v) is 3.09. The third-order valence-electron chi connectivity index (χ3n) is 2.56. The number of hydrogen-bond donors (Lipinski definition) is 1. The SMILES string of the molecule is CC(C)CC1CN=C(NCC(C)S(C)=O)S1. The maximum absolute atomic E-state index is 11.2. The first kappa shape index (κ1) is 14.0. The summed E-state index contributed by atoms with van der Waals surface area (Å²) < 4.78 is 11.2. The van der Waals surface area contributed by atoms with Crippen LogP contribution in [-0.4, -0.2) is 39.2 Å². The highest BCUT2D eigenvalue weighted by atomic mass is 32.2. The van der Waals surface area contributed by atoms with Gasteiger partial charge < -0.3 is 5.32 Å². The monoisotopic (exact) mass is 262 g/mol. The Morgan fingerprint density at radius 3 is 2.81 bits per heavy atom. The first-order valence-corrected chi connectivity index (χ1v) is 8.26. The zero-order chi connectivity index (χ0) is 12.1. The predicted octanol–water partition coefficient (Wildman–Crippen LogP) is 1.86. The Kier molecular flexibility index (Phi) is 5.83. The Labute approximate surface area is 105 Å². The van der Waals surface area contributed by atoms with Crippen molar-refractivity contribution in [1.29, 1.82) is 0 Å². The summed E-state index contributed by atoms with van der Waals surface area (Å²) in [6, 6.07) is 0. The Morgan fingerprint density at radius 1 is 1.56 bits per heavy atom. The minimum Gasteiger partial charge on any atom is -0.364 e. The highest BCUT2D eigenvalue weighted by Crippen LogP contribution is 2.25. The van der Waals surface area contributed by atoms with Crippen molar-refractivity contribution < 1.29 is 4.21 Å². The molecule has 1 N–H and O–H groups in total. The van der Waals surface area contributed by atoms with E-state index < -0.39 is 10.8 Å². The number of aliphatic imine (C=N–C) groups is 1. The van der Waals surface area contributed by atoms with E-state index in [9.17, 15) is 4.21 Å². The largest absolute Gasteiger partial charge is 0.364 e. The predicted molar refractivity (Wildman–Crippen MR) is 74.7 cm³/mol. The van der Waals surface area contributed by atoms with Gasteiger partial charge in [0.2, 0.25) is 0 Å². The number of nitrogens with one attached hydrogen (secondary N) is 1. The first-order chi connectivity index (χ1) is 7.49. The summed E-state index contributed by atoms with van der Waals surface area (Å²) in [5, 5.41) is 5.13. The average Bonchev–Trinajstić information content (AvgIpc) is 2.60. The molecular weight excluding hydrogens is 240 g/mol. The molecule has 3 unspecified atom stereocenters. The van der Waals surface area contributed by atoms with Crippen molar-refractivity contribution in [2.75, 3.05) is 19.3 Å². The van der Waals surface area contributed by atoms with Crippen LogP contribution in [0, 0.1) is 5.92 Å². The summed E-state index contributed by atoms with van der Waals surface area (Å²) in [5.41, 5.74) is 0. The van der Waals surface area contributed by atoms with Crippen molar-refractivity contribution >= 4 is 27.7 Å². The summed E-state index contributed by atoms with van der Waals surface area (Å²) in [4.78, 5) is 4.47. The maximum atomic E-state index is 11.2. The lowest BCUT2D eigenvalue weighted by Gasteiger charge is -2.12. The quantitative estimate of drug-likeness (QED) is 0.822. The van der Waals surface area contributed by atoms with Crippen LogP contribution in [0.1, 0.15) is 27.2 Å². The van der Waals surface area contributed by atoms with E-state index in [1.54, 1.807) is 6.26 Å². The normalized spacial score (nSPS) is 24.3. The van der Waals surface area contributed by atoms with Crippen molar-refractivity contribution in [3.63, 3.8) is 0 Å². The van der Waals surface area contributed by atoms with E-state index in [1.807, 2.05) is 18.7 Å². The van der Waals surface area contributed by atoms with Gasteiger partial charge in [-0.05, 0) is 19.3 Å². The van der Waals surface area contributed by atoms with Gasteiger partial charge in [-0.2, -0.15) is 0 Å². The summed E-state index contributed by atoms with van der Waals surface area (Å²) in [5.74, 6) is 0.731. The number of amidine groups is 1. The average molecular weight is 262 g/mol. The van der Waals surface area contributed by atoms with E-state index >= 15 is 0 Å². The molecule has 1 heterocycles. The summed E-state index contributed by atoms with van der Waals surface area (Å²) in [6.07, 6.45) is 2.96. The summed E-state index contributed by atoms with van der Waals surface area (Å²) >= 11 is 1.83. The molecule has 0 aromatic carbocycles. The third kappa shape index (κ3) is 4.87. The fourth-order valence-electron chi connectivity index (χ4n) is 1.51. The molecule has 3 atom stereocenters. The molecule has 0 amide bonds. The van der Waals surface area contributed by atoms with Crippen molar-refractivity contribution in [2.45, 2.75) is 37.7 Å². The molecular formula is C11H22N2OS2. The Morgan fingerprint density at radius 2 is 2.25 bits per heavy atom. The molecule has 0 fully saturated rings. The fraction of sp³-hybridized carbons (Fsp3) is 0.909.